The van der Waals surface area contributed by atoms with Crippen LogP contribution in [0.4, 0.5) is 17.2 Å². The molecule has 0 bridgehead atoms. The molecule has 0 saturated carbocycles. The van der Waals surface area contributed by atoms with E-state index in [0.717, 1.165) is 23.4 Å². The molecule has 3 rings (SSSR count). The first kappa shape index (κ1) is 19.7. The highest BCUT2D eigenvalue weighted by molar-refractivity contribution is 6.30. The molecule has 0 aliphatic carbocycles. The van der Waals surface area contributed by atoms with Crippen molar-refractivity contribution >= 4 is 34.7 Å². The molecule has 1 amide bonds. The van der Waals surface area contributed by atoms with Gasteiger partial charge in [-0.25, -0.2) is 4.98 Å². The number of nitrogens with one attached hydrogen (secondary N) is 2. The summed E-state index contributed by atoms with van der Waals surface area (Å²) in [5, 5.41) is 6.84. The lowest BCUT2D eigenvalue weighted by Gasteiger charge is -2.13. The smallest absolute Gasteiger partial charge is 0.252 e. The first-order valence-electron chi connectivity index (χ1n) is 9.04. The normalized spacial score (nSPS) is 10.4. The minimum Gasteiger partial charge on any atom is -0.378 e. The summed E-state index contributed by atoms with van der Waals surface area (Å²) in [5.74, 6) is 0.546. The summed E-state index contributed by atoms with van der Waals surface area (Å²) in [5.41, 5.74) is 3.69. The van der Waals surface area contributed by atoms with Crippen molar-refractivity contribution in [3.63, 3.8) is 0 Å². The van der Waals surface area contributed by atoms with Gasteiger partial charge in [-0.3, -0.25) is 4.79 Å². The van der Waals surface area contributed by atoms with Crippen molar-refractivity contribution in [3.8, 4) is 0 Å². The maximum atomic E-state index is 12.3. The first-order chi connectivity index (χ1) is 13.5. The molecular formula is C22H23ClN4O. The van der Waals surface area contributed by atoms with E-state index >= 15 is 0 Å². The maximum Gasteiger partial charge on any atom is 0.252 e. The van der Waals surface area contributed by atoms with Gasteiger partial charge in [0.05, 0.1) is 5.56 Å². The van der Waals surface area contributed by atoms with Crippen LogP contribution in [0.1, 0.15) is 15.9 Å². The summed E-state index contributed by atoms with van der Waals surface area (Å²) in [6, 6.07) is 19.2. The molecule has 1 aromatic heterocycles. The van der Waals surface area contributed by atoms with E-state index in [9.17, 15) is 4.79 Å². The van der Waals surface area contributed by atoms with Crippen LogP contribution in [0.25, 0.3) is 0 Å². The molecule has 1 heterocycles. The molecule has 144 valence electrons. The molecule has 6 heteroatoms. The Morgan fingerprint density at radius 1 is 1.07 bits per heavy atom. The van der Waals surface area contributed by atoms with Crippen molar-refractivity contribution in [3.05, 3.63) is 83.0 Å². The summed E-state index contributed by atoms with van der Waals surface area (Å²) in [6.07, 6.45) is 2.30. The van der Waals surface area contributed by atoms with Crippen LogP contribution in [-0.2, 0) is 6.42 Å². The maximum absolute atomic E-state index is 12.3. The van der Waals surface area contributed by atoms with E-state index in [0.29, 0.717) is 22.9 Å². The van der Waals surface area contributed by atoms with Gasteiger partial charge in [0.1, 0.15) is 5.82 Å². The van der Waals surface area contributed by atoms with Gasteiger partial charge in [0.2, 0.25) is 0 Å². The molecule has 0 fully saturated rings. The lowest BCUT2D eigenvalue weighted by Crippen LogP contribution is -2.25. The summed E-state index contributed by atoms with van der Waals surface area (Å²) in [7, 11) is 4.01. The number of benzene rings is 2. The van der Waals surface area contributed by atoms with E-state index in [4.69, 9.17) is 11.6 Å². The number of rotatable bonds is 7. The molecule has 2 N–H and O–H groups in total. The fourth-order valence-corrected chi connectivity index (χ4v) is 2.92. The van der Waals surface area contributed by atoms with E-state index in [1.165, 1.54) is 0 Å². The second-order valence-corrected chi connectivity index (χ2v) is 7.07. The number of hydrogen-bond acceptors (Lipinski definition) is 4. The van der Waals surface area contributed by atoms with Crippen LogP contribution in [0.3, 0.4) is 0 Å². The number of carbonyl (C=O) groups is 1. The summed E-state index contributed by atoms with van der Waals surface area (Å²) >= 11 is 5.97. The van der Waals surface area contributed by atoms with Gasteiger partial charge in [-0.1, -0.05) is 23.7 Å². The van der Waals surface area contributed by atoms with Crippen molar-refractivity contribution in [1.82, 2.24) is 10.3 Å². The van der Waals surface area contributed by atoms with E-state index in [1.54, 1.807) is 18.3 Å². The molecule has 0 saturated heterocycles. The quantitative estimate of drug-likeness (QED) is 0.618. The Hall–Kier alpha value is -3.05. The van der Waals surface area contributed by atoms with Crippen LogP contribution < -0.4 is 15.5 Å². The number of amides is 1. The fraction of sp³-hybridized carbons (Fsp3) is 0.182. The molecule has 0 spiro atoms. The van der Waals surface area contributed by atoms with Gasteiger partial charge in [0, 0.05) is 43.2 Å². The molecule has 3 aromatic rings. The Morgan fingerprint density at radius 2 is 1.86 bits per heavy atom. The first-order valence-corrected chi connectivity index (χ1v) is 9.42. The summed E-state index contributed by atoms with van der Waals surface area (Å²) < 4.78 is 0. The van der Waals surface area contributed by atoms with Crippen LogP contribution in [0, 0.1) is 0 Å². The molecule has 28 heavy (non-hydrogen) atoms. The monoisotopic (exact) mass is 394 g/mol. The molecular weight excluding hydrogens is 372 g/mol. The lowest BCUT2D eigenvalue weighted by molar-refractivity contribution is 0.0954. The zero-order valence-corrected chi connectivity index (χ0v) is 16.7. The minimum absolute atomic E-state index is 0.142. The highest BCUT2D eigenvalue weighted by Gasteiger charge is 2.06. The van der Waals surface area contributed by atoms with Crippen molar-refractivity contribution in [1.29, 1.82) is 0 Å². The van der Waals surface area contributed by atoms with Crippen LogP contribution >= 0.6 is 11.6 Å². The van der Waals surface area contributed by atoms with Gasteiger partial charge in [0.15, 0.2) is 0 Å². The van der Waals surface area contributed by atoms with Gasteiger partial charge < -0.3 is 15.5 Å². The zero-order valence-electron chi connectivity index (χ0n) is 15.9. The van der Waals surface area contributed by atoms with Gasteiger partial charge >= 0.3 is 0 Å². The van der Waals surface area contributed by atoms with Gasteiger partial charge in [-0.15, -0.1) is 0 Å². The number of hydrogen-bond donors (Lipinski definition) is 2. The average molecular weight is 395 g/mol. The molecule has 0 aliphatic heterocycles. The van der Waals surface area contributed by atoms with E-state index < -0.39 is 0 Å². The average Bonchev–Trinajstić information content (AvgIpc) is 2.69. The third kappa shape index (κ3) is 5.47. The third-order valence-electron chi connectivity index (χ3n) is 4.27. The number of nitrogens with zero attached hydrogens (tertiary/aromatic N) is 2. The van der Waals surface area contributed by atoms with Gasteiger partial charge in [0.25, 0.3) is 5.91 Å². The molecule has 0 atom stereocenters. The second kappa shape index (κ2) is 9.24. The van der Waals surface area contributed by atoms with E-state index in [-0.39, 0.29) is 5.91 Å². The molecule has 0 unspecified atom stereocenters. The van der Waals surface area contributed by atoms with Gasteiger partial charge in [-0.05, 0) is 60.5 Å². The number of aromatic nitrogens is 1. The topological polar surface area (TPSA) is 57.3 Å². The third-order valence-corrected chi connectivity index (χ3v) is 4.51. The van der Waals surface area contributed by atoms with Crippen LogP contribution in [-0.4, -0.2) is 31.5 Å². The number of pyridine rings is 1. The van der Waals surface area contributed by atoms with Crippen LogP contribution in [0.5, 0.6) is 0 Å². The predicted octanol–water partition coefficient (Wildman–Crippen LogP) is 4.52. The summed E-state index contributed by atoms with van der Waals surface area (Å²) in [4.78, 5) is 18.6. The molecule has 0 radical (unpaired) electrons. The van der Waals surface area contributed by atoms with E-state index in [2.05, 4.69) is 15.6 Å². The standard InChI is InChI=1S/C22H23ClN4O/c1-27(2)20-9-7-19(8-10-20)26-21-11-6-17(15-25-21)22(28)24-13-12-16-4-3-5-18(23)14-16/h3-11,14-15H,12-13H2,1-2H3,(H,24,28)(H,25,26). The number of anilines is 3. The fourth-order valence-electron chi connectivity index (χ4n) is 2.71. The Labute approximate surface area is 170 Å². The molecule has 0 aliphatic rings. The van der Waals surface area contributed by atoms with Crippen molar-refractivity contribution in [2.24, 2.45) is 0 Å². The SMILES string of the molecule is CN(C)c1ccc(Nc2ccc(C(=O)NCCc3cccc(Cl)c3)cn2)cc1. The Morgan fingerprint density at radius 3 is 2.50 bits per heavy atom. The Kier molecular flexibility index (Phi) is 6.50. The number of halogens is 1. The van der Waals surface area contributed by atoms with Crippen LogP contribution in [0.15, 0.2) is 66.9 Å². The summed E-state index contributed by atoms with van der Waals surface area (Å²) in [6.45, 7) is 0.539. The molecule has 2 aromatic carbocycles. The van der Waals surface area contributed by atoms with E-state index in [1.807, 2.05) is 67.5 Å². The largest absolute Gasteiger partial charge is 0.378 e. The van der Waals surface area contributed by atoms with Crippen molar-refractivity contribution < 1.29 is 4.79 Å². The second-order valence-electron chi connectivity index (χ2n) is 6.63. The Bertz CT molecular complexity index is 924. The lowest BCUT2D eigenvalue weighted by atomic mass is 10.1. The van der Waals surface area contributed by atoms with Crippen molar-refractivity contribution in [2.45, 2.75) is 6.42 Å². The van der Waals surface area contributed by atoms with Crippen molar-refractivity contribution in [2.75, 3.05) is 30.9 Å². The highest BCUT2D eigenvalue weighted by atomic mass is 35.5. The minimum atomic E-state index is -0.142. The van der Waals surface area contributed by atoms with Gasteiger partial charge in [-0.2, -0.15) is 0 Å². The Balaban J connectivity index is 1.52. The van der Waals surface area contributed by atoms with Crippen LogP contribution in [0.2, 0.25) is 5.02 Å². The zero-order chi connectivity index (χ0) is 19.9. The highest BCUT2D eigenvalue weighted by Crippen LogP contribution is 2.19. The molecule has 5 nitrogen and oxygen atoms in total. The number of carbonyl (C=O) groups excluding carboxylic acids is 1. The predicted molar refractivity (Wildman–Crippen MR) is 116 cm³/mol.